The second-order valence-corrected chi connectivity index (χ2v) is 13.2. The summed E-state index contributed by atoms with van der Waals surface area (Å²) < 4.78 is 2.38. The van der Waals surface area contributed by atoms with Gasteiger partial charge < -0.3 is 4.57 Å². The molecule has 0 amide bonds. The Morgan fingerprint density at radius 3 is 1.64 bits per heavy atom. The number of para-hydroxylation sites is 1. The summed E-state index contributed by atoms with van der Waals surface area (Å²) in [5, 5.41) is 4.67. The third kappa shape index (κ3) is 5.45. The van der Waals surface area contributed by atoms with E-state index in [2.05, 4.69) is 174 Å². The van der Waals surface area contributed by atoms with E-state index in [1.54, 1.807) is 0 Å². The van der Waals surface area contributed by atoms with Crippen LogP contribution in [0.25, 0.3) is 94.7 Å². The SMILES string of the molecule is c1ccc(-c2ccc(-c3cccc(-c4nc(-c5ccccc5)nc(-c5cccc6c5c5ccc7ccccc7c5n6-c5ccccc5)n4)c3)cc2)cc1. The quantitative estimate of drug-likeness (QED) is 0.176. The van der Waals surface area contributed by atoms with E-state index in [0.717, 1.165) is 49.8 Å². The van der Waals surface area contributed by atoms with E-state index in [1.165, 1.54) is 27.4 Å². The monoisotopic (exact) mass is 676 g/mol. The van der Waals surface area contributed by atoms with Gasteiger partial charge in [0.2, 0.25) is 0 Å². The highest BCUT2D eigenvalue weighted by molar-refractivity contribution is 6.22. The molecule has 0 saturated carbocycles. The maximum Gasteiger partial charge on any atom is 0.164 e. The fourth-order valence-electron chi connectivity index (χ4n) is 7.52. The maximum atomic E-state index is 5.26. The molecule has 0 N–H and O–H groups in total. The first-order chi connectivity index (χ1) is 26.3. The van der Waals surface area contributed by atoms with Crippen molar-refractivity contribution in [3.05, 3.63) is 194 Å². The molecule has 2 heterocycles. The summed E-state index contributed by atoms with van der Waals surface area (Å²) in [6.07, 6.45) is 0. The number of nitrogens with zero attached hydrogens (tertiary/aromatic N) is 4. The first kappa shape index (κ1) is 30.6. The Bertz CT molecular complexity index is 2910. The van der Waals surface area contributed by atoms with E-state index in [1.807, 2.05) is 24.3 Å². The van der Waals surface area contributed by atoms with Crippen LogP contribution in [0.5, 0.6) is 0 Å². The van der Waals surface area contributed by atoms with E-state index in [-0.39, 0.29) is 0 Å². The van der Waals surface area contributed by atoms with Gasteiger partial charge in [0.05, 0.1) is 11.0 Å². The summed E-state index contributed by atoms with van der Waals surface area (Å²) in [5.74, 6) is 1.90. The van der Waals surface area contributed by atoms with E-state index in [9.17, 15) is 0 Å². The molecule has 10 rings (SSSR count). The van der Waals surface area contributed by atoms with Crippen LogP contribution in [0.15, 0.2) is 194 Å². The van der Waals surface area contributed by atoms with Crippen LogP contribution in [0.2, 0.25) is 0 Å². The molecule has 0 aliphatic heterocycles. The van der Waals surface area contributed by atoms with Gasteiger partial charge in [0.15, 0.2) is 17.5 Å². The molecule has 0 unspecified atom stereocenters. The molecule has 0 bridgehead atoms. The van der Waals surface area contributed by atoms with Crippen molar-refractivity contribution in [1.29, 1.82) is 0 Å². The van der Waals surface area contributed by atoms with Gasteiger partial charge in [0.25, 0.3) is 0 Å². The first-order valence-corrected chi connectivity index (χ1v) is 17.9. The molecule has 0 atom stereocenters. The lowest BCUT2D eigenvalue weighted by Gasteiger charge is -2.11. The van der Waals surface area contributed by atoms with Gasteiger partial charge in [0, 0.05) is 38.5 Å². The van der Waals surface area contributed by atoms with Crippen LogP contribution in [0.3, 0.4) is 0 Å². The zero-order chi connectivity index (χ0) is 35.1. The van der Waals surface area contributed by atoms with Crippen molar-refractivity contribution in [1.82, 2.24) is 19.5 Å². The van der Waals surface area contributed by atoms with Crippen molar-refractivity contribution in [2.24, 2.45) is 0 Å². The lowest BCUT2D eigenvalue weighted by atomic mass is 9.99. The molecule has 0 saturated heterocycles. The molecular formula is C49H32N4. The van der Waals surface area contributed by atoms with E-state index in [4.69, 9.17) is 15.0 Å². The zero-order valence-electron chi connectivity index (χ0n) is 28.8. The molecule has 248 valence electrons. The van der Waals surface area contributed by atoms with Gasteiger partial charge in [-0.05, 0) is 51.9 Å². The minimum absolute atomic E-state index is 0.630. The van der Waals surface area contributed by atoms with Crippen LogP contribution >= 0.6 is 0 Å². The Morgan fingerprint density at radius 1 is 0.340 bits per heavy atom. The maximum absolute atomic E-state index is 5.26. The van der Waals surface area contributed by atoms with Gasteiger partial charge >= 0.3 is 0 Å². The number of hydrogen-bond acceptors (Lipinski definition) is 3. The number of fused-ring (bicyclic) bond motifs is 5. The van der Waals surface area contributed by atoms with Crippen LogP contribution in [0, 0.1) is 0 Å². The van der Waals surface area contributed by atoms with E-state index >= 15 is 0 Å². The van der Waals surface area contributed by atoms with E-state index in [0.29, 0.717) is 17.5 Å². The third-order valence-electron chi connectivity index (χ3n) is 10.0. The molecule has 0 aliphatic rings. The van der Waals surface area contributed by atoms with Gasteiger partial charge in [-0.15, -0.1) is 0 Å². The van der Waals surface area contributed by atoms with Gasteiger partial charge in [-0.3, -0.25) is 0 Å². The van der Waals surface area contributed by atoms with Crippen molar-refractivity contribution in [2.75, 3.05) is 0 Å². The average Bonchev–Trinajstić information content (AvgIpc) is 3.60. The van der Waals surface area contributed by atoms with Crippen molar-refractivity contribution >= 4 is 32.6 Å². The molecule has 53 heavy (non-hydrogen) atoms. The number of aromatic nitrogens is 4. The minimum Gasteiger partial charge on any atom is -0.309 e. The normalized spacial score (nSPS) is 11.4. The predicted octanol–water partition coefficient (Wildman–Crippen LogP) is 12.5. The molecule has 0 fully saturated rings. The molecule has 0 aliphatic carbocycles. The molecule has 4 nitrogen and oxygen atoms in total. The predicted molar refractivity (Wildman–Crippen MR) is 219 cm³/mol. The summed E-state index contributed by atoms with van der Waals surface area (Å²) in [4.78, 5) is 15.5. The summed E-state index contributed by atoms with van der Waals surface area (Å²) in [7, 11) is 0. The summed E-state index contributed by atoms with van der Waals surface area (Å²) in [6.45, 7) is 0. The van der Waals surface area contributed by atoms with Crippen molar-refractivity contribution in [3.8, 4) is 62.1 Å². The van der Waals surface area contributed by atoms with Gasteiger partial charge in [0.1, 0.15) is 0 Å². The average molecular weight is 677 g/mol. The Labute approximate surface area is 307 Å². The summed E-state index contributed by atoms with van der Waals surface area (Å²) in [6, 6.07) is 68.0. The second kappa shape index (κ2) is 12.9. The minimum atomic E-state index is 0.630. The summed E-state index contributed by atoms with van der Waals surface area (Å²) >= 11 is 0. The highest BCUT2D eigenvalue weighted by atomic mass is 15.0. The van der Waals surface area contributed by atoms with E-state index < -0.39 is 0 Å². The molecule has 4 heteroatoms. The molecule has 2 aromatic heterocycles. The molecule has 8 aromatic carbocycles. The number of rotatable bonds is 6. The second-order valence-electron chi connectivity index (χ2n) is 13.2. The first-order valence-electron chi connectivity index (χ1n) is 17.9. The van der Waals surface area contributed by atoms with Crippen molar-refractivity contribution in [2.45, 2.75) is 0 Å². The van der Waals surface area contributed by atoms with Crippen molar-refractivity contribution < 1.29 is 0 Å². The zero-order valence-corrected chi connectivity index (χ0v) is 28.8. The van der Waals surface area contributed by atoms with Gasteiger partial charge in [-0.1, -0.05) is 170 Å². The smallest absolute Gasteiger partial charge is 0.164 e. The van der Waals surface area contributed by atoms with Crippen LogP contribution in [0.4, 0.5) is 0 Å². The molecule has 0 spiro atoms. The molecule has 10 aromatic rings. The molecule has 0 radical (unpaired) electrons. The molecular weight excluding hydrogens is 645 g/mol. The highest BCUT2D eigenvalue weighted by Gasteiger charge is 2.21. The largest absolute Gasteiger partial charge is 0.309 e. The van der Waals surface area contributed by atoms with Crippen LogP contribution in [-0.2, 0) is 0 Å². The Balaban J connectivity index is 1.18. The van der Waals surface area contributed by atoms with Crippen LogP contribution < -0.4 is 0 Å². The Hall–Kier alpha value is -7.17. The highest BCUT2D eigenvalue weighted by Crippen LogP contribution is 2.41. The van der Waals surface area contributed by atoms with Crippen LogP contribution in [0.1, 0.15) is 0 Å². The van der Waals surface area contributed by atoms with Crippen LogP contribution in [-0.4, -0.2) is 19.5 Å². The van der Waals surface area contributed by atoms with Crippen molar-refractivity contribution in [3.63, 3.8) is 0 Å². The third-order valence-corrected chi connectivity index (χ3v) is 10.0. The summed E-state index contributed by atoms with van der Waals surface area (Å²) in [5.41, 5.74) is 10.8. The van der Waals surface area contributed by atoms with Gasteiger partial charge in [-0.25, -0.2) is 15.0 Å². The lowest BCUT2D eigenvalue weighted by molar-refractivity contribution is 1.08. The number of hydrogen-bond donors (Lipinski definition) is 0. The standard InChI is InChI=1S/C49H32N4/c1-4-14-33(15-5-1)34-26-28-35(29-27-34)38-19-12-20-39(32-38)48-50-47(37-17-6-2-7-18-37)51-49(52-48)43-24-13-25-44-45(43)42-31-30-36-16-10-11-23-41(36)46(42)53(44)40-21-8-3-9-22-40/h1-32H. The number of benzene rings is 8. The lowest BCUT2D eigenvalue weighted by Crippen LogP contribution is -2.00. The topological polar surface area (TPSA) is 43.6 Å². The fourth-order valence-corrected chi connectivity index (χ4v) is 7.52. The van der Waals surface area contributed by atoms with Gasteiger partial charge in [-0.2, -0.15) is 0 Å². The Morgan fingerprint density at radius 2 is 0.887 bits per heavy atom. The fraction of sp³-hybridized carbons (Fsp3) is 0. The Kier molecular flexibility index (Phi) is 7.43.